The SMILES string of the molecule is Br.CCOc1cc2c(c(F)c1OCC)C(=N)N(CC(=O)c1cc(OC3CCN(CC(=O)O)C3)c(O)c(C(C)(C)C)c1)C2. The van der Waals surface area contributed by atoms with Crippen molar-refractivity contribution < 1.29 is 38.4 Å². The summed E-state index contributed by atoms with van der Waals surface area (Å²) in [4.78, 5) is 27.9. The number of halogens is 2. The monoisotopic (exact) mass is 651 g/mol. The highest BCUT2D eigenvalue weighted by Gasteiger charge is 2.34. The molecule has 2 aromatic rings. The second kappa shape index (κ2) is 13.3. The van der Waals surface area contributed by atoms with Crippen molar-refractivity contribution in [3.8, 4) is 23.0 Å². The maximum Gasteiger partial charge on any atom is 0.317 e. The zero-order chi connectivity index (χ0) is 30.1. The molecule has 0 saturated carbocycles. The van der Waals surface area contributed by atoms with Crippen molar-refractivity contribution in [3.05, 3.63) is 46.3 Å². The van der Waals surface area contributed by atoms with Crippen molar-refractivity contribution in [3.63, 3.8) is 0 Å². The first-order chi connectivity index (χ1) is 19.3. The average molecular weight is 653 g/mol. The number of ketones is 1. The van der Waals surface area contributed by atoms with Crippen molar-refractivity contribution in [1.29, 1.82) is 5.41 Å². The molecule has 230 valence electrons. The predicted octanol–water partition coefficient (Wildman–Crippen LogP) is 4.77. The van der Waals surface area contributed by atoms with Crippen LogP contribution in [0.25, 0.3) is 0 Å². The van der Waals surface area contributed by atoms with Gasteiger partial charge < -0.3 is 29.3 Å². The Bertz CT molecular complexity index is 1360. The molecule has 2 aliphatic rings. The van der Waals surface area contributed by atoms with Crippen LogP contribution in [0.2, 0.25) is 0 Å². The van der Waals surface area contributed by atoms with Crippen molar-refractivity contribution in [2.75, 3.05) is 39.4 Å². The van der Waals surface area contributed by atoms with Gasteiger partial charge in [-0.1, -0.05) is 20.8 Å². The van der Waals surface area contributed by atoms with Gasteiger partial charge in [-0.2, -0.15) is 0 Å². The Morgan fingerprint density at radius 1 is 1.10 bits per heavy atom. The van der Waals surface area contributed by atoms with Crippen molar-refractivity contribution in [2.45, 2.75) is 59.1 Å². The zero-order valence-corrected chi connectivity index (χ0v) is 26.3. The van der Waals surface area contributed by atoms with Crippen LogP contribution in [0, 0.1) is 11.2 Å². The lowest BCUT2D eigenvalue weighted by Crippen LogP contribution is -2.31. The molecule has 0 amide bonds. The fourth-order valence-electron chi connectivity index (χ4n) is 5.26. The summed E-state index contributed by atoms with van der Waals surface area (Å²) in [6, 6.07) is 4.77. The smallest absolute Gasteiger partial charge is 0.317 e. The van der Waals surface area contributed by atoms with Crippen molar-refractivity contribution in [2.24, 2.45) is 0 Å². The van der Waals surface area contributed by atoms with Crippen LogP contribution in [0.3, 0.4) is 0 Å². The highest BCUT2D eigenvalue weighted by Crippen LogP contribution is 2.41. The number of Topliss-reactive ketones (excluding diaryl/α,β-unsaturated/α-hetero) is 1. The Hall–Kier alpha value is -3.38. The van der Waals surface area contributed by atoms with E-state index in [2.05, 4.69) is 0 Å². The van der Waals surface area contributed by atoms with E-state index in [0.717, 1.165) is 0 Å². The van der Waals surface area contributed by atoms with Crippen LogP contribution in [-0.2, 0) is 16.8 Å². The summed E-state index contributed by atoms with van der Waals surface area (Å²) < 4.78 is 32.6. The first-order valence-corrected chi connectivity index (χ1v) is 13.8. The van der Waals surface area contributed by atoms with Gasteiger partial charge >= 0.3 is 5.97 Å². The lowest BCUT2D eigenvalue weighted by atomic mass is 9.84. The molecule has 10 nitrogen and oxygen atoms in total. The van der Waals surface area contributed by atoms with E-state index < -0.39 is 17.2 Å². The summed E-state index contributed by atoms with van der Waals surface area (Å²) in [6.07, 6.45) is 0.236. The number of fused-ring (bicyclic) bond motifs is 1. The molecule has 0 aromatic heterocycles. The molecule has 4 rings (SSSR count). The van der Waals surface area contributed by atoms with Gasteiger partial charge in [0.15, 0.2) is 34.6 Å². The predicted molar refractivity (Wildman–Crippen MR) is 161 cm³/mol. The minimum Gasteiger partial charge on any atom is -0.504 e. The third kappa shape index (κ3) is 6.97. The Morgan fingerprint density at radius 3 is 2.40 bits per heavy atom. The van der Waals surface area contributed by atoms with Gasteiger partial charge in [0.05, 0.1) is 31.9 Å². The molecule has 0 spiro atoms. The number of amidine groups is 1. The summed E-state index contributed by atoms with van der Waals surface area (Å²) in [7, 11) is 0. The molecule has 1 unspecified atom stereocenters. The van der Waals surface area contributed by atoms with E-state index in [1.807, 2.05) is 20.8 Å². The highest BCUT2D eigenvalue weighted by molar-refractivity contribution is 8.93. The number of phenolic OH excluding ortho intramolecular Hbond substituents is 1. The second-order valence-corrected chi connectivity index (χ2v) is 11.3. The second-order valence-electron chi connectivity index (χ2n) is 11.3. The molecule has 0 aliphatic carbocycles. The van der Waals surface area contributed by atoms with Gasteiger partial charge in [-0.3, -0.25) is 19.9 Å². The molecular formula is C30H39BrFN3O7. The van der Waals surface area contributed by atoms with E-state index in [1.54, 1.807) is 30.9 Å². The maximum atomic E-state index is 15.5. The molecule has 1 fully saturated rings. The third-order valence-corrected chi connectivity index (χ3v) is 7.19. The van der Waals surface area contributed by atoms with Gasteiger partial charge in [0.1, 0.15) is 11.9 Å². The van der Waals surface area contributed by atoms with E-state index in [0.29, 0.717) is 37.2 Å². The first kappa shape index (κ1) is 33.1. The van der Waals surface area contributed by atoms with Crippen LogP contribution >= 0.6 is 17.0 Å². The number of hydrogen-bond acceptors (Lipinski definition) is 8. The molecular weight excluding hydrogens is 613 g/mol. The molecule has 2 heterocycles. The number of rotatable bonds is 11. The number of hydrogen-bond donors (Lipinski definition) is 3. The largest absolute Gasteiger partial charge is 0.504 e. The molecule has 0 bridgehead atoms. The minimum absolute atomic E-state index is 0. The van der Waals surface area contributed by atoms with Gasteiger partial charge in [0.2, 0.25) is 0 Å². The quantitative estimate of drug-likeness (QED) is 0.294. The number of nitrogens with one attached hydrogen (secondary N) is 1. The molecule has 2 aliphatic heterocycles. The summed E-state index contributed by atoms with van der Waals surface area (Å²) in [5, 5.41) is 28.8. The molecule has 0 radical (unpaired) electrons. The van der Waals surface area contributed by atoms with Crippen molar-refractivity contribution >= 4 is 34.6 Å². The van der Waals surface area contributed by atoms with E-state index in [1.165, 1.54) is 11.0 Å². The lowest BCUT2D eigenvalue weighted by Gasteiger charge is -2.25. The normalized spacial score (nSPS) is 16.7. The molecule has 2 aromatic carbocycles. The van der Waals surface area contributed by atoms with E-state index in [4.69, 9.17) is 24.7 Å². The summed E-state index contributed by atoms with van der Waals surface area (Å²) in [6.45, 7) is 10.6. The van der Waals surface area contributed by atoms with Gasteiger partial charge in [0, 0.05) is 30.8 Å². The van der Waals surface area contributed by atoms with Crippen molar-refractivity contribution in [1.82, 2.24) is 9.80 Å². The number of aromatic hydroxyl groups is 1. The standard InChI is InChI=1S/C30H38FN3O7.BrH/c1-6-39-23-12-18-13-34(29(32)25(18)26(31)28(23)40-7-2)15-21(35)17-10-20(30(3,4)5)27(38)22(11-17)41-19-8-9-33(14-19)16-24(36)37;/h10-12,19,32,38H,6-9,13-16H2,1-5H3,(H,36,37);1H. The van der Waals surface area contributed by atoms with Gasteiger partial charge in [-0.25, -0.2) is 4.39 Å². The number of aliphatic carboxylic acids is 1. The van der Waals surface area contributed by atoms with Gasteiger partial charge in [-0.15, -0.1) is 17.0 Å². The maximum absolute atomic E-state index is 15.5. The van der Waals surface area contributed by atoms with E-state index in [-0.39, 0.29) is 95.1 Å². The van der Waals surface area contributed by atoms with Crippen LogP contribution in [0.4, 0.5) is 4.39 Å². The Morgan fingerprint density at radius 2 is 1.79 bits per heavy atom. The molecule has 12 heteroatoms. The number of carbonyl (C=O) groups is 2. The van der Waals surface area contributed by atoms with E-state index in [9.17, 15) is 14.7 Å². The number of likely N-dealkylation sites (tertiary alicyclic amines) is 1. The van der Waals surface area contributed by atoms with Crippen LogP contribution < -0.4 is 14.2 Å². The number of nitrogens with zero attached hydrogens (tertiary/aromatic N) is 2. The highest BCUT2D eigenvalue weighted by atomic mass is 79.9. The van der Waals surface area contributed by atoms with E-state index >= 15 is 4.39 Å². The number of carboxylic acids is 1. The molecule has 1 atom stereocenters. The summed E-state index contributed by atoms with van der Waals surface area (Å²) in [5.41, 5.74) is 0.908. The molecule has 3 N–H and O–H groups in total. The minimum atomic E-state index is -0.922. The zero-order valence-electron chi connectivity index (χ0n) is 24.6. The van der Waals surface area contributed by atoms with Crippen LogP contribution in [-0.4, -0.2) is 83.1 Å². The Kier molecular flexibility index (Phi) is 10.5. The fourth-order valence-corrected chi connectivity index (χ4v) is 5.26. The van der Waals surface area contributed by atoms with Gasteiger partial charge in [0.25, 0.3) is 0 Å². The number of phenols is 1. The van der Waals surface area contributed by atoms with Crippen LogP contribution in [0.1, 0.15) is 68.1 Å². The molecule has 42 heavy (non-hydrogen) atoms. The first-order valence-electron chi connectivity index (χ1n) is 13.8. The summed E-state index contributed by atoms with van der Waals surface area (Å²) in [5.74, 6) is -1.76. The van der Waals surface area contributed by atoms with Gasteiger partial charge in [-0.05, 0) is 49.4 Å². The number of benzene rings is 2. The van der Waals surface area contributed by atoms with Crippen LogP contribution in [0.5, 0.6) is 23.0 Å². The fraction of sp³-hybridized carbons (Fsp3) is 0.500. The lowest BCUT2D eigenvalue weighted by molar-refractivity contribution is -0.138. The Balaban J connectivity index is 0.00000484. The topological polar surface area (TPSA) is 133 Å². The number of carbonyl (C=O) groups excluding carboxylic acids is 1. The number of carboxylic acid groups (broad SMARTS) is 1. The molecule has 1 saturated heterocycles. The summed E-state index contributed by atoms with van der Waals surface area (Å²) >= 11 is 0. The Labute approximate surface area is 255 Å². The third-order valence-electron chi connectivity index (χ3n) is 7.19. The number of ether oxygens (including phenoxy) is 3. The average Bonchev–Trinajstić information content (AvgIpc) is 3.44. The van der Waals surface area contributed by atoms with Crippen LogP contribution in [0.15, 0.2) is 18.2 Å².